The maximum Gasteiger partial charge on any atom is 0.000500 e. The van der Waals surface area contributed by atoms with E-state index in [1.807, 2.05) is 6.08 Å². The van der Waals surface area contributed by atoms with Crippen LogP contribution in [0.25, 0.3) is 22.9 Å². The van der Waals surface area contributed by atoms with Crippen LogP contribution in [0.15, 0.2) is 49.1 Å². The third-order valence-electron chi connectivity index (χ3n) is 3.93. The van der Waals surface area contributed by atoms with Gasteiger partial charge in [-0.15, -0.1) is 0 Å². The number of allylic oxidation sites excluding steroid dienone is 3. The van der Waals surface area contributed by atoms with Gasteiger partial charge in [0.25, 0.3) is 0 Å². The highest BCUT2D eigenvalue weighted by molar-refractivity contribution is 5.89. The average molecular weight is 246 g/mol. The molecular formula is C19H18. The van der Waals surface area contributed by atoms with Crippen molar-refractivity contribution < 1.29 is 0 Å². The maximum atomic E-state index is 3.84. The zero-order valence-corrected chi connectivity index (χ0v) is 11.5. The van der Waals surface area contributed by atoms with Gasteiger partial charge >= 0.3 is 0 Å². The van der Waals surface area contributed by atoms with Crippen LogP contribution in [0.1, 0.15) is 24.0 Å². The highest BCUT2D eigenvalue weighted by Crippen LogP contribution is 2.23. The lowest BCUT2D eigenvalue weighted by molar-refractivity contribution is 0.972. The molecule has 94 valence electrons. The molecule has 0 aromatic heterocycles. The standard InChI is InChI=1S/C19H18/c1-4-6-15-11-12-16-10-9-13(2)17-8-5-7-14(3)18(15)19(16)17/h4-12,14H,1H2,2-3H3/b15-6-. The monoisotopic (exact) mass is 246 g/mol. The van der Waals surface area contributed by atoms with Crippen molar-refractivity contribution in [1.82, 2.24) is 0 Å². The quantitative estimate of drug-likeness (QED) is 0.721. The minimum Gasteiger partial charge on any atom is -0.0990 e. The van der Waals surface area contributed by atoms with E-state index in [4.69, 9.17) is 0 Å². The van der Waals surface area contributed by atoms with Crippen LogP contribution < -0.4 is 10.4 Å². The Morgan fingerprint density at radius 1 is 1.16 bits per heavy atom. The Hall–Kier alpha value is -2.08. The summed E-state index contributed by atoms with van der Waals surface area (Å²) in [5, 5.41) is 5.35. The summed E-state index contributed by atoms with van der Waals surface area (Å²) >= 11 is 0. The molecule has 2 aromatic carbocycles. The summed E-state index contributed by atoms with van der Waals surface area (Å²) in [5.41, 5.74) is 2.75. The molecule has 0 heterocycles. The van der Waals surface area contributed by atoms with Crippen molar-refractivity contribution in [3.8, 4) is 0 Å². The Kier molecular flexibility index (Phi) is 2.87. The predicted molar refractivity (Wildman–Crippen MR) is 84.6 cm³/mol. The molecule has 0 radical (unpaired) electrons. The predicted octanol–water partition coefficient (Wildman–Crippen LogP) is 3.57. The first-order chi connectivity index (χ1) is 9.22. The Balaban J connectivity index is 2.63. The highest BCUT2D eigenvalue weighted by Gasteiger charge is 2.12. The molecule has 0 aliphatic heterocycles. The van der Waals surface area contributed by atoms with Crippen molar-refractivity contribution in [2.45, 2.75) is 19.8 Å². The van der Waals surface area contributed by atoms with E-state index < -0.39 is 0 Å². The molecule has 0 N–H and O–H groups in total. The Morgan fingerprint density at radius 2 is 1.95 bits per heavy atom. The molecule has 1 aliphatic rings. The molecule has 0 fully saturated rings. The minimum atomic E-state index is 0.425. The molecule has 2 aromatic rings. The number of rotatable bonds is 1. The van der Waals surface area contributed by atoms with Gasteiger partial charge in [-0.25, -0.2) is 0 Å². The van der Waals surface area contributed by atoms with Crippen LogP contribution in [-0.4, -0.2) is 0 Å². The SMILES string of the molecule is C=C/C=c1/ccc2ccc(C)c3c2c1C(C)C=CC=3. The fourth-order valence-corrected chi connectivity index (χ4v) is 2.99. The second kappa shape index (κ2) is 4.55. The van der Waals surface area contributed by atoms with E-state index in [-0.39, 0.29) is 0 Å². The topological polar surface area (TPSA) is 0 Å². The fraction of sp³-hybridized carbons (Fsp3) is 0.158. The van der Waals surface area contributed by atoms with E-state index >= 15 is 0 Å². The van der Waals surface area contributed by atoms with Gasteiger partial charge in [-0.2, -0.15) is 0 Å². The molecule has 1 atom stereocenters. The van der Waals surface area contributed by atoms with Gasteiger partial charge in [0.2, 0.25) is 0 Å². The third-order valence-corrected chi connectivity index (χ3v) is 3.93. The van der Waals surface area contributed by atoms with Crippen molar-refractivity contribution in [2.24, 2.45) is 0 Å². The van der Waals surface area contributed by atoms with Crippen molar-refractivity contribution in [2.75, 3.05) is 0 Å². The van der Waals surface area contributed by atoms with Crippen LogP contribution >= 0.6 is 0 Å². The molecule has 0 saturated heterocycles. The van der Waals surface area contributed by atoms with E-state index in [1.165, 1.54) is 32.3 Å². The summed E-state index contributed by atoms with van der Waals surface area (Å²) in [6.45, 7) is 8.28. The summed E-state index contributed by atoms with van der Waals surface area (Å²) in [5.74, 6) is 0.425. The maximum absolute atomic E-state index is 3.84. The summed E-state index contributed by atoms with van der Waals surface area (Å²) in [6.07, 6.45) is 10.7. The van der Waals surface area contributed by atoms with E-state index in [0.29, 0.717) is 5.92 Å². The van der Waals surface area contributed by atoms with E-state index in [2.05, 4.69) is 69.0 Å². The van der Waals surface area contributed by atoms with Crippen LogP contribution in [0.4, 0.5) is 0 Å². The van der Waals surface area contributed by atoms with Crippen LogP contribution in [0.5, 0.6) is 0 Å². The molecule has 0 bridgehead atoms. The molecule has 19 heavy (non-hydrogen) atoms. The van der Waals surface area contributed by atoms with Gasteiger partial charge in [-0.05, 0) is 39.3 Å². The van der Waals surface area contributed by atoms with Crippen LogP contribution in [0.2, 0.25) is 0 Å². The van der Waals surface area contributed by atoms with Gasteiger partial charge in [-0.3, -0.25) is 0 Å². The molecule has 0 heteroatoms. The molecule has 0 nitrogen and oxygen atoms in total. The lowest BCUT2D eigenvalue weighted by Crippen LogP contribution is -2.17. The first-order valence-electron chi connectivity index (χ1n) is 6.76. The molecular weight excluding hydrogens is 228 g/mol. The second-order valence-electron chi connectivity index (χ2n) is 5.21. The zero-order chi connectivity index (χ0) is 13.4. The number of hydrogen-bond acceptors (Lipinski definition) is 0. The molecule has 0 amide bonds. The van der Waals surface area contributed by atoms with Crippen molar-refractivity contribution >= 4 is 22.9 Å². The van der Waals surface area contributed by atoms with Crippen molar-refractivity contribution in [3.63, 3.8) is 0 Å². The van der Waals surface area contributed by atoms with Crippen LogP contribution in [0, 0.1) is 6.92 Å². The van der Waals surface area contributed by atoms with Gasteiger partial charge in [0.05, 0.1) is 0 Å². The van der Waals surface area contributed by atoms with E-state index in [0.717, 1.165) is 0 Å². The van der Waals surface area contributed by atoms with Gasteiger partial charge in [0, 0.05) is 5.92 Å². The molecule has 1 unspecified atom stereocenters. The Labute approximate surface area is 114 Å². The normalized spacial score (nSPS) is 18.2. The fourth-order valence-electron chi connectivity index (χ4n) is 2.99. The minimum absolute atomic E-state index is 0.425. The van der Waals surface area contributed by atoms with E-state index in [1.54, 1.807) is 0 Å². The Morgan fingerprint density at radius 3 is 2.74 bits per heavy atom. The van der Waals surface area contributed by atoms with Crippen molar-refractivity contribution in [1.29, 1.82) is 0 Å². The summed E-state index contributed by atoms with van der Waals surface area (Å²) in [4.78, 5) is 0. The number of hydrogen-bond donors (Lipinski definition) is 0. The first-order valence-corrected chi connectivity index (χ1v) is 6.76. The lowest BCUT2D eigenvalue weighted by Gasteiger charge is -2.13. The second-order valence-corrected chi connectivity index (χ2v) is 5.21. The highest BCUT2D eigenvalue weighted by atomic mass is 14.2. The average Bonchev–Trinajstić information content (AvgIpc) is 2.58. The Bertz CT molecular complexity index is 804. The number of benzene rings is 2. The zero-order valence-electron chi connectivity index (χ0n) is 11.5. The third kappa shape index (κ3) is 1.84. The molecule has 3 rings (SSSR count). The van der Waals surface area contributed by atoms with Crippen molar-refractivity contribution in [3.05, 3.63) is 70.6 Å². The smallest absolute Gasteiger partial charge is 0.000500 e. The van der Waals surface area contributed by atoms with E-state index in [9.17, 15) is 0 Å². The summed E-state index contributed by atoms with van der Waals surface area (Å²) in [6, 6.07) is 8.84. The van der Waals surface area contributed by atoms with Gasteiger partial charge in [0.1, 0.15) is 0 Å². The first kappa shape index (κ1) is 12.0. The van der Waals surface area contributed by atoms with Crippen LogP contribution in [0.3, 0.4) is 0 Å². The molecule has 0 saturated carbocycles. The molecule has 0 spiro atoms. The van der Waals surface area contributed by atoms with Gasteiger partial charge < -0.3 is 0 Å². The van der Waals surface area contributed by atoms with Crippen LogP contribution in [-0.2, 0) is 0 Å². The number of aryl methyl sites for hydroxylation is 1. The largest absolute Gasteiger partial charge is 0.0990 e. The van der Waals surface area contributed by atoms with Gasteiger partial charge in [-0.1, -0.05) is 68.1 Å². The summed E-state index contributed by atoms with van der Waals surface area (Å²) in [7, 11) is 0. The molecule has 1 aliphatic carbocycles. The summed E-state index contributed by atoms with van der Waals surface area (Å²) < 4.78 is 0. The lowest BCUT2D eigenvalue weighted by atomic mass is 9.91. The van der Waals surface area contributed by atoms with Gasteiger partial charge in [0.15, 0.2) is 0 Å².